The second kappa shape index (κ2) is 6.68. The number of carbonyl (C=O) groups is 1. The highest BCUT2D eigenvalue weighted by Crippen LogP contribution is 2.27. The van der Waals surface area contributed by atoms with Gasteiger partial charge in [0.1, 0.15) is 12.4 Å². The summed E-state index contributed by atoms with van der Waals surface area (Å²) in [5.74, 6) is 0.594. The first-order valence-electron chi connectivity index (χ1n) is 6.04. The Bertz CT molecular complexity index is 664. The van der Waals surface area contributed by atoms with Crippen LogP contribution in [0.2, 0.25) is 0 Å². The van der Waals surface area contributed by atoms with E-state index in [4.69, 9.17) is 44.3 Å². The molecule has 7 nitrogen and oxygen atoms in total. The van der Waals surface area contributed by atoms with Crippen molar-refractivity contribution in [2.24, 2.45) is 0 Å². The third-order valence-corrected chi connectivity index (χ3v) is 2.85. The Kier molecular flexibility index (Phi) is 5.10. The summed E-state index contributed by atoms with van der Waals surface area (Å²) in [5, 5.41) is 10.9. The van der Waals surface area contributed by atoms with Crippen LogP contribution < -0.4 is 4.74 Å². The van der Waals surface area contributed by atoms with Gasteiger partial charge in [0.15, 0.2) is 0 Å². The van der Waals surface area contributed by atoms with Gasteiger partial charge in [-0.1, -0.05) is 68.0 Å². The predicted octanol–water partition coefficient (Wildman–Crippen LogP) is 3.44. The fourth-order valence-electron chi connectivity index (χ4n) is 1.57. The van der Waals surface area contributed by atoms with Gasteiger partial charge in [-0.3, -0.25) is 0 Å². The lowest BCUT2D eigenvalue weighted by atomic mass is 10.1. The fourth-order valence-corrected chi connectivity index (χ4v) is 1.74. The molecule has 22 heavy (non-hydrogen) atoms. The van der Waals surface area contributed by atoms with Crippen LogP contribution in [-0.2, 0) is 4.74 Å². The summed E-state index contributed by atoms with van der Waals surface area (Å²) in [4.78, 5) is 12.2. The van der Waals surface area contributed by atoms with Crippen LogP contribution in [0.5, 0.6) is 11.8 Å². The second-order valence-corrected chi connectivity index (χ2v) is 6.87. The number of alkyl halides is 3. The minimum absolute atomic E-state index is 0.0942. The van der Waals surface area contributed by atoms with Gasteiger partial charge in [-0.05, 0) is 30.2 Å². The van der Waals surface area contributed by atoms with Gasteiger partial charge >= 0.3 is 12.1 Å². The fraction of sp³-hybridized carbons (Fsp3) is 0.333. The van der Waals surface area contributed by atoms with Crippen LogP contribution in [0.1, 0.15) is 11.1 Å². The normalized spacial score (nSPS) is 11.3. The molecule has 0 spiro atoms. The number of carbonyl (C=O) groups excluding carboxylic acids is 1. The Morgan fingerprint density at radius 2 is 1.91 bits per heavy atom. The van der Waals surface area contributed by atoms with Gasteiger partial charge in [0, 0.05) is 0 Å². The molecule has 0 bridgehead atoms. The van der Waals surface area contributed by atoms with Crippen molar-refractivity contribution in [2.75, 3.05) is 6.61 Å². The molecule has 0 aliphatic rings. The van der Waals surface area contributed by atoms with E-state index in [2.05, 4.69) is 15.4 Å². The quantitative estimate of drug-likeness (QED) is 0.775. The highest BCUT2D eigenvalue weighted by molar-refractivity contribution is 6.67. The molecule has 0 aliphatic carbocycles. The van der Waals surface area contributed by atoms with Gasteiger partial charge in [-0.2, -0.15) is 0 Å². The predicted molar refractivity (Wildman–Crippen MR) is 80.8 cm³/mol. The maximum absolute atomic E-state index is 11.6. The number of aryl methyl sites for hydroxylation is 2. The average molecular weight is 366 g/mol. The molecular weight excluding hydrogens is 355 g/mol. The highest BCUT2D eigenvalue weighted by atomic mass is 35.6. The van der Waals surface area contributed by atoms with E-state index in [1.165, 1.54) is 0 Å². The Morgan fingerprint density at radius 3 is 2.50 bits per heavy atom. The number of halogens is 3. The zero-order valence-electron chi connectivity index (χ0n) is 11.6. The Balaban J connectivity index is 2.07. The van der Waals surface area contributed by atoms with Crippen molar-refractivity contribution < 1.29 is 14.3 Å². The molecule has 1 heterocycles. The van der Waals surface area contributed by atoms with Crippen molar-refractivity contribution in [1.82, 2.24) is 20.2 Å². The molecule has 2 aromatic rings. The van der Waals surface area contributed by atoms with E-state index in [9.17, 15) is 4.79 Å². The first kappa shape index (κ1) is 16.8. The largest absolute Gasteiger partial charge is 0.453 e. The number of para-hydroxylation sites is 1. The number of hydrogen-bond acceptors (Lipinski definition) is 6. The molecular formula is C12H11Cl3N4O3. The second-order valence-electron chi connectivity index (χ2n) is 4.35. The summed E-state index contributed by atoms with van der Waals surface area (Å²) in [6, 6.07) is 5.56. The van der Waals surface area contributed by atoms with Crippen molar-refractivity contribution in [3.8, 4) is 11.8 Å². The molecule has 0 atom stereocenters. The van der Waals surface area contributed by atoms with Gasteiger partial charge < -0.3 is 9.47 Å². The smallest absolute Gasteiger partial charge is 0.442 e. The van der Waals surface area contributed by atoms with E-state index in [1.54, 1.807) is 0 Å². The van der Waals surface area contributed by atoms with E-state index < -0.39 is 16.5 Å². The standard InChI is InChI=1S/C12H11Cl3N4O3/c1-7-4-3-5-8(2)9(7)22-10-16-18-19(17-10)11(20)21-6-12(13,14)15/h3-5H,6H2,1-2H3. The average Bonchev–Trinajstić information content (AvgIpc) is 2.88. The van der Waals surface area contributed by atoms with E-state index in [1.807, 2.05) is 32.0 Å². The highest BCUT2D eigenvalue weighted by Gasteiger charge is 2.24. The molecule has 1 aromatic carbocycles. The zero-order chi connectivity index (χ0) is 16.3. The van der Waals surface area contributed by atoms with E-state index in [-0.39, 0.29) is 6.01 Å². The van der Waals surface area contributed by atoms with Crippen LogP contribution in [0.4, 0.5) is 4.79 Å². The van der Waals surface area contributed by atoms with Crippen molar-refractivity contribution in [2.45, 2.75) is 17.6 Å². The number of benzene rings is 1. The van der Waals surface area contributed by atoms with Gasteiger partial charge in [0.25, 0.3) is 0 Å². The molecule has 118 valence electrons. The molecule has 0 amide bonds. The minimum atomic E-state index is -1.71. The monoisotopic (exact) mass is 364 g/mol. The van der Waals surface area contributed by atoms with Crippen LogP contribution in [0.3, 0.4) is 0 Å². The molecule has 0 unspecified atom stereocenters. The van der Waals surface area contributed by atoms with E-state index in [0.717, 1.165) is 11.1 Å². The SMILES string of the molecule is Cc1cccc(C)c1Oc1nnn(C(=O)OCC(Cl)(Cl)Cl)n1. The lowest BCUT2D eigenvalue weighted by Gasteiger charge is -2.09. The molecule has 0 N–H and O–H groups in total. The molecule has 10 heteroatoms. The van der Waals surface area contributed by atoms with Crippen LogP contribution in [0.25, 0.3) is 0 Å². The first-order valence-corrected chi connectivity index (χ1v) is 7.17. The molecule has 0 fully saturated rings. The summed E-state index contributed by atoms with van der Waals surface area (Å²) >= 11 is 16.4. The van der Waals surface area contributed by atoms with Gasteiger partial charge in [-0.25, -0.2) is 4.79 Å². The van der Waals surface area contributed by atoms with Crippen molar-refractivity contribution >= 4 is 40.9 Å². The lowest BCUT2D eigenvalue weighted by molar-refractivity contribution is 0.141. The molecule has 1 aromatic heterocycles. The number of tetrazole rings is 1. The zero-order valence-corrected chi connectivity index (χ0v) is 13.9. The molecule has 0 radical (unpaired) electrons. The number of ether oxygens (including phenoxy) is 2. The van der Waals surface area contributed by atoms with Gasteiger partial charge in [0.2, 0.25) is 3.79 Å². The van der Waals surface area contributed by atoms with Crippen LogP contribution in [0.15, 0.2) is 18.2 Å². The van der Waals surface area contributed by atoms with E-state index >= 15 is 0 Å². The number of nitrogens with zero attached hydrogens (tertiary/aromatic N) is 4. The Morgan fingerprint density at radius 1 is 1.27 bits per heavy atom. The molecule has 2 rings (SSSR count). The maximum Gasteiger partial charge on any atom is 0.453 e. The van der Waals surface area contributed by atoms with Crippen molar-refractivity contribution in [1.29, 1.82) is 0 Å². The topological polar surface area (TPSA) is 79.1 Å². The van der Waals surface area contributed by atoms with E-state index in [0.29, 0.717) is 10.5 Å². The van der Waals surface area contributed by atoms with Gasteiger partial charge in [-0.15, -0.1) is 0 Å². The number of hydrogen-bond donors (Lipinski definition) is 0. The summed E-state index contributed by atoms with van der Waals surface area (Å²) in [6.07, 6.45) is -0.935. The summed E-state index contributed by atoms with van der Waals surface area (Å²) in [7, 11) is 0. The summed E-state index contributed by atoms with van der Waals surface area (Å²) in [5.41, 5.74) is 1.80. The minimum Gasteiger partial charge on any atom is -0.442 e. The third-order valence-electron chi connectivity index (χ3n) is 2.52. The van der Waals surface area contributed by atoms with Crippen molar-refractivity contribution in [3.63, 3.8) is 0 Å². The van der Waals surface area contributed by atoms with Crippen LogP contribution in [-0.4, -0.2) is 36.7 Å². The lowest BCUT2D eigenvalue weighted by Crippen LogP contribution is -2.22. The number of rotatable bonds is 3. The Hall–Kier alpha value is -1.57. The molecule has 0 aliphatic heterocycles. The van der Waals surface area contributed by atoms with Gasteiger partial charge in [0.05, 0.1) is 0 Å². The van der Waals surface area contributed by atoms with Crippen molar-refractivity contribution in [3.05, 3.63) is 29.3 Å². The maximum atomic E-state index is 11.6. The Labute approximate surface area is 141 Å². The summed E-state index contributed by atoms with van der Waals surface area (Å²) < 4.78 is 8.52. The molecule has 0 saturated carbocycles. The molecule has 0 saturated heterocycles. The first-order chi connectivity index (χ1) is 10.3. The van der Waals surface area contributed by atoms with Crippen LogP contribution in [0, 0.1) is 13.8 Å². The van der Waals surface area contributed by atoms with Crippen LogP contribution >= 0.6 is 34.8 Å². The number of aromatic nitrogens is 4. The summed E-state index contributed by atoms with van der Waals surface area (Å²) in [6.45, 7) is 3.31. The third kappa shape index (κ3) is 4.46.